The van der Waals surface area contributed by atoms with Gasteiger partial charge in [0.05, 0.1) is 19.8 Å². The Labute approximate surface area is 158 Å². The van der Waals surface area contributed by atoms with Crippen LogP contribution in [0.5, 0.6) is 5.75 Å². The van der Waals surface area contributed by atoms with Crippen molar-refractivity contribution in [3.8, 4) is 5.75 Å². The fourth-order valence-corrected chi connectivity index (χ4v) is 4.28. The van der Waals surface area contributed by atoms with E-state index in [1.54, 1.807) is 6.92 Å². The number of carbonyl (C=O) groups is 1. The van der Waals surface area contributed by atoms with E-state index in [9.17, 15) is 13.2 Å². The fourth-order valence-electron chi connectivity index (χ4n) is 2.48. The molecule has 0 spiro atoms. The molecular formula is C16H23ClN2O6S. The molecule has 1 heterocycles. The van der Waals surface area contributed by atoms with Gasteiger partial charge >= 0.3 is 0 Å². The standard InChI is InChI=1S/C16H23ClN2O6S/c1-12(10-23-2)18-16(20)11-25-14-4-3-13(17)9-15(14)26(21,22)19-5-7-24-8-6-19/h3-4,9,12H,5-8,10-11H2,1-2H3,(H,18,20). The molecule has 0 aromatic heterocycles. The molecule has 146 valence electrons. The first kappa shape index (κ1) is 20.9. The molecule has 0 saturated carbocycles. The number of amides is 1. The molecular weight excluding hydrogens is 384 g/mol. The predicted octanol–water partition coefficient (Wildman–Crippen LogP) is 0.891. The molecule has 26 heavy (non-hydrogen) atoms. The lowest BCUT2D eigenvalue weighted by Crippen LogP contribution is -2.41. The zero-order chi connectivity index (χ0) is 19.2. The van der Waals surface area contributed by atoms with Crippen LogP contribution in [0.4, 0.5) is 0 Å². The number of nitrogens with zero attached hydrogens (tertiary/aromatic N) is 1. The van der Waals surface area contributed by atoms with Gasteiger partial charge in [-0.1, -0.05) is 11.6 Å². The minimum absolute atomic E-state index is 0.0651. The van der Waals surface area contributed by atoms with E-state index in [4.69, 9.17) is 25.8 Å². The third-order valence-corrected chi connectivity index (χ3v) is 5.83. The van der Waals surface area contributed by atoms with E-state index in [1.165, 1.54) is 29.6 Å². The number of hydrogen-bond donors (Lipinski definition) is 1. The average molecular weight is 407 g/mol. The lowest BCUT2D eigenvalue weighted by molar-refractivity contribution is -0.124. The molecule has 1 aromatic carbocycles. The van der Waals surface area contributed by atoms with Gasteiger partial charge in [0.25, 0.3) is 5.91 Å². The van der Waals surface area contributed by atoms with E-state index < -0.39 is 10.0 Å². The van der Waals surface area contributed by atoms with Gasteiger partial charge in [-0.3, -0.25) is 4.79 Å². The Morgan fingerprint density at radius 3 is 2.73 bits per heavy atom. The Bertz CT molecular complexity index is 721. The number of morpholine rings is 1. The predicted molar refractivity (Wildman–Crippen MR) is 96.0 cm³/mol. The molecule has 2 rings (SSSR count). The van der Waals surface area contributed by atoms with Crippen molar-refractivity contribution >= 4 is 27.5 Å². The Kier molecular flexibility index (Phi) is 7.66. The third kappa shape index (κ3) is 5.55. The molecule has 10 heteroatoms. The first-order chi connectivity index (χ1) is 12.3. The van der Waals surface area contributed by atoms with E-state index in [2.05, 4.69) is 5.32 Å². The van der Waals surface area contributed by atoms with Crippen molar-refractivity contribution < 1.29 is 27.4 Å². The van der Waals surface area contributed by atoms with Gasteiger partial charge in [-0.2, -0.15) is 4.31 Å². The number of hydrogen-bond acceptors (Lipinski definition) is 6. The average Bonchev–Trinajstić information content (AvgIpc) is 2.61. The second-order valence-corrected chi connectivity index (χ2v) is 8.16. The summed E-state index contributed by atoms with van der Waals surface area (Å²) in [7, 11) is -2.27. The molecule has 1 N–H and O–H groups in total. The number of benzene rings is 1. The molecule has 1 amide bonds. The molecule has 1 atom stereocenters. The summed E-state index contributed by atoms with van der Waals surface area (Å²) in [4.78, 5) is 11.9. The third-order valence-electron chi connectivity index (χ3n) is 3.68. The largest absolute Gasteiger partial charge is 0.482 e. The highest BCUT2D eigenvalue weighted by molar-refractivity contribution is 7.89. The minimum atomic E-state index is -3.80. The fraction of sp³-hybridized carbons (Fsp3) is 0.562. The van der Waals surface area contributed by atoms with Gasteiger partial charge in [0.1, 0.15) is 10.6 Å². The molecule has 0 aliphatic carbocycles. The summed E-state index contributed by atoms with van der Waals surface area (Å²) < 4.78 is 42.7. The molecule has 0 bridgehead atoms. The zero-order valence-electron chi connectivity index (χ0n) is 14.7. The number of nitrogens with one attached hydrogen (secondary N) is 1. The molecule has 1 fully saturated rings. The number of methoxy groups -OCH3 is 1. The van der Waals surface area contributed by atoms with Gasteiger partial charge in [-0.15, -0.1) is 0 Å². The van der Waals surface area contributed by atoms with E-state index in [0.717, 1.165) is 0 Å². The summed E-state index contributed by atoms with van der Waals surface area (Å²) in [6.45, 7) is 3.00. The highest BCUT2D eigenvalue weighted by atomic mass is 35.5. The highest BCUT2D eigenvalue weighted by Crippen LogP contribution is 2.30. The summed E-state index contributed by atoms with van der Waals surface area (Å²) in [5, 5.41) is 2.96. The number of halogens is 1. The molecule has 1 aromatic rings. The molecule has 1 unspecified atom stereocenters. The van der Waals surface area contributed by atoms with Crippen LogP contribution < -0.4 is 10.1 Å². The number of carbonyl (C=O) groups excluding carboxylic acids is 1. The summed E-state index contributed by atoms with van der Waals surface area (Å²) in [6, 6.07) is 4.10. The van der Waals surface area contributed by atoms with Crippen LogP contribution in [-0.2, 0) is 24.3 Å². The van der Waals surface area contributed by atoms with Crippen molar-refractivity contribution in [1.82, 2.24) is 9.62 Å². The van der Waals surface area contributed by atoms with Crippen LogP contribution in [0.3, 0.4) is 0 Å². The van der Waals surface area contributed by atoms with Crippen LogP contribution in [-0.4, -0.2) is 71.3 Å². The second-order valence-electron chi connectivity index (χ2n) is 5.82. The van der Waals surface area contributed by atoms with Crippen molar-refractivity contribution in [2.45, 2.75) is 17.9 Å². The summed E-state index contributed by atoms with van der Waals surface area (Å²) in [6.07, 6.45) is 0. The molecule has 8 nitrogen and oxygen atoms in total. The Balaban J connectivity index is 2.13. The van der Waals surface area contributed by atoms with E-state index in [-0.39, 0.29) is 47.3 Å². The van der Waals surface area contributed by atoms with Crippen LogP contribution in [0.1, 0.15) is 6.92 Å². The Morgan fingerprint density at radius 1 is 1.38 bits per heavy atom. The normalized spacial score (nSPS) is 16.9. The number of sulfonamides is 1. The minimum Gasteiger partial charge on any atom is -0.482 e. The second kappa shape index (κ2) is 9.52. The summed E-state index contributed by atoms with van der Waals surface area (Å²) in [5.41, 5.74) is 0. The molecule has 1 saturated heterocycles. The van der Waals surface area contributed by atoms with Gasteiger partial charge in [-0.05, 0) is 25.1 Å². The van der Waals surface area contributed by atoms with Crippen molar-refractivity contribution in [2.75, 3.05) is 46.6 Å². The lowest BCUT2D eigenvalue weighted by Gasteiger charge is -2.26. The summed E-state index contributed by atoms with van der Waals surface area (Å²) >= 11 is 5.97. The SMILES string of the molecule is COCC(C)NC(=O)COc1ccc(Cl)cc1S(=O)(=O)N1CCOCC1. The number of ether oxygens (including phenoxy) is 3. The maximum atomic E-state index is 12.9. The first-order valence-electron chi connectivity index (χ1n) is 8.13. The van der Waals surface area contributed by atoms with Gasteiger partial charge in [0.15, 0.2) is 6.61 Å². The lowest BCUT2D eigenvalue weighted by atomic mass is 10.3. The monoisotopic (exact) mass is 406 g/mol. The molecule has 1 aliphatic rings. The van der Waals surface area contributed by atoms with Crippen LogP contribution in [0.2, 0.25) is 5.02 Å². The van der Waals surface area contributed by atoms with Crippen LogP contribution in [0, 0.1) is 0 Å². The van der Waals surface area contributed by atoms with Crippen molar-refractivity contribution in [3.05, 3.63) is 23.2 Å². The van der Waals surface area contributed by atoms with Gasteiger partial charge in [0, 0.05) is 31.3 Å². The zero-order valence-corrected chi connectivity index (χ0v) is 16.3. The molecule has 1 aliphatic heterocycles. The first-order valence-corrected chi connectivity index (χ1v) is 9.95. The smallest absolute Gasteiger partial charge is 0.258 e. The highest BCUT2D eigenvalue weighted by Gasteiger charge is 2.29. The van der Waals surface area contributed by atoms with Crippen molar-refractivity contribution in [3.63, 3.8) is 0 Å². The van der Waals surface area contributed by atoms with Crippen molar-refractivity contribution in [1.29, 1.82) is 0 Å². The van der Waals surface area contributed by atoms with Gasteiger partial charge < -0.3 is 19.5 Å². The van der Waals surface area contributed by atoms with Crippen LogP contribution in [0.25, 0.3) is 0 Å². The maximum Gasteiger partial charge on any atom is 0.258 e. The van der Waals surface area contributed by atoms with Gasteiger partial charge in [-0.25, -0.2) is 8.42 Å². The molecule has 0 radical (unpaired) electrons. The Hall–Kier alpha value is -1.39. The number of rotatable bonds is 8. The summed E-state index contributed by atoms with van der Waals surface area (Å²) in [5.74, 6) is -0.297. The van der Waals surface area contributed by atoms with E-state index in [1.807, 2.05) is 0 Å². The van der Waals surface area contributed by atoms with E-state index >= 15 is 0 Å². The van der Waals surface area contributed by atoms with Gasteiger partial charge in [0.2, 0.25) is 10.0 Å². The Morgan fingerprint density at radius 2 is 2.08 bits per heavy atom. The van der Waals surface area contributed by atoms with Crippen molar-refractivity contribution in [2.24, 2.45) is 0 Å². The quantitative estimate of drug-likeness (QED) is 0.689. The van der Waals surface area contributed by atoms with Crippen LogP contribution >= 0.6 is 11.6 Å². The van der Waals surface area contributed by atoms with Crippen LogP contribution in [0.15, 0.2) is 23.1 Å². The van der Waals surface area contributed by atoms with E-state index in [0.29, 0.717) is 19.8 Å². The topological polar surface area (TPSA) is 94.2 Å². The maximum absolute atomic E-state index is 12.9.